The first-order chi connectivity index (χ1) is 12.1. The van der Waals surface area contributed by atoms with Gasteiger partial charge in [-0.3, -0.25) is 0 Å². The molecule has 0 aromatic heterocycles. The van der Waals surface area contributed by atoms with Crippen molar-refractivity contribution in [1.29, 1.82) is 0 Å². The smallest absolute Gasteiger partial charge is 0.339 e. The van der Waals surface area contributed by atoms with E-state index in [9.17, 15) is 9.59 Å². The summed E-state index contributed by atoms with van der Waals surface area (Å²) in [6, 6.07) is 17.1. The van der Waals surface area contributed by atoms with Crippen molar-refractivity contribution in [1.82, 2.24) is 0 Å². The third kappa shape index (κ3) is 2.98. The normalized spacial score (nSPS) is 10.5. The van der Waals surface area contributed by atoms with Crippen molar-refractivity contribution < 1.29 is 19.1 Å². The number of aryl methyl sites for hydroxylation is 1. The molecule has 0 saturated heterocycles. The third-order valence-corrected chi connectivity index (χ3v) is 4.15. The summed E-state index contributed by atoms with van der Waals surface area (Å²) in [4.78, 5) is 24.9. The fourth-order valence-corrected chi connectivity index (χ4v) is 3.03. The summed E-state index contributed by atoms with van der Waals surface area (Å²) >= 11 is 0. The van der Waals surface area contributed by atoms with Gasteiger partial charge < -0.3 is 9.47 Å². The summed E-state index contributed by atoms with van der Waals surface area (Å²) in [5, 5.41) is 1.73. The molecular formula is C21H18O4. The van der Waals surface area contributed by atoms with Gasteiger partial charge in [0.25, 0.3) is 0 Å². The first kappa shape index (κ1) is 16.7. The van der Waals surface area contributed by atoms with Crippen molar-refractivity contribution in [2.75, 3.05) is 14.2 Å². The number of hydrogen-bond donors (Lipinski definition) is 0. The van der Waals surface area contributed by atoms with E-state index >= 15 is 0 Å². The maximum atomic E-state index is 12.5. The highest BCUT2D eigenvalue weighted by Gasteiger charge is 2.25. The number of esters is 2. The van der Waals surface area contributed by atoms with Crippen LogP contribution in [0.25, 0.3) is 21.9 Å². The molecule has 4 heteroatoms. The molecule has 0 atom stereocenters. The van der Waals surface area contributed by atoms with Crippen LogP contribution in [0.3, 0.4) is 0 Å². The molecule has 3 aromatic rings. The number of hydrogen-bond acceptors (Lipinski definition) is 4. The second-order valence-electron chi connectivity index (χ2n) is 5.75. The van der Waals surface area contributed by atoms with Crippen LogP contribution in [0.15, 0.2) is 54.6 Å². The van der Waals surface area contributed by atoms with E-state index in [2.05, 4.69) is 0 Å². The van der Waals surface area contributed by atoms with E-state index in [0.29, 0.717) is 5.56 Å². The standard InChI is InChI=1S/C21H18O4/c1-13-7-6-9-15(11-13)18-16-10-5-4-8-14(16)12-17(20(22)24-2)19(18)21(23)25-3/h4-12H,1-3H3. The van der Waals surface area contributed by atoms with Crippen LogP contribution in [0.1, 0.15) is 26.3 Å². The lowest BCUT2D eigenvalue weighted by molar-refractivity contribution is 0.0556. The predicted octanol–water partition coefficient (Wildman–Crippen LogP) is 4.39. The van der Waals surface area contributed by atoms with Crippen LogP contribution in [0.5, 0.6) is 0 Å². The van der Waals surface area contributed by atoms with Crippen LogP contribution in [0.2, 0.25) is 0 Å². The molecule has 0 bridgehead atoms. The second-order valence-corrected chi connectivity index (χ2v) is 5.75. The van der Waals surface area contributed by atoms with Gasteiger partial charge in [-0.05, 0) is 29.3 Å². The summed E-state index contributed by atoms with van der Waals surface area (Å²) < 4.78 is 9.85. The molecule has 0 unspecified atom stereocenters. The lowest BCUT2D eigenvalue weighted by atomic mass is 9.89. The van der Waals surface area contributed by atoms with E-state index < -0.39 is 11.9 Å². The summed E-state index contributed by atoms with van der Waals surface area (Å²) in [5.41, 5.74) is 3.00. The first-order valence-electron chi connectivity index (χ1n) is 7.86. The van der Waals surface area contributed by atoms with Crippen molar-refractivity contribution in [2.24, 2.45) is 0 Å². The number of fused-ring (bicyclic) bond motifs is 1. The van der Waals surface area contributed by atoms with Crippen LogP contribution < -0.4 is 0 Å². The van der Waals surface area contributed by atoms with Gasteiger partial charge in [0.05, 0.1) is 25.3 Å². The van der Waals surface area contributed by atoms with Crippen molar-refractivity contribution in [2.45, 2.75) is 6.92 Å². The molecule has 0 saturated carbocycles. The van der Waals surface area contributed by atoms with Crippen molar-refractivity contribution in [3.63, 3.8) is 0 Å². The van der Waals surface area contributed by atoms with Gasteiger partial charge in [0, 0.05) is 5.56 Å². The number of rotatable bonds is 3. The van der Waals surface area contributed by atoms with E-state index in [-0.39, 0.29) is 11.1 Å². The minimum Gasteiger partial charge on any atom is -0.465 e. The SMILES string of the molecule is COC(=O)c1cc2ccccc2c(-c2cccc(C)c2)c1C(=O)OC. The Labute approximate surface area is 146 Å². The highest BCUT2D eigenvalue weighted by atomic mass is 16.5. The Morgan fingerprint density at radius 1 is 0.840 bits per heavy atom. The zero-order chi connectivity index (χ0) is 18.0. The molecule has 25 heavy (non-hydrogen) atoms. The number of benzene rings is 3. The monoisotopic (exact) mass is 334 g/mol. The molecule has 0 aliphatic heterocycles. The molecule has 0 heterocycles. The molecular weight excluding hydrogens is 316 g/mol. The van der Waals surface area contributed by atoms with Crippen LogP contribution in [0.4, 0.5) is 0 Å². The quantitative estimate of drug-likeness (QED) is 0.667. The molecule has 0 radical (unpaired) electrons. The Bertz CT molecular complexity index is 973. The van der Waals surface area contributed by atoms with Crippen LogP contribution in [0, 0.1) is 6.92 Å². The number of carbonyl (C=O) groups is 2. The van der Waals surface area contributed by atoms with Crippen LogP contribution >= 0.6 is 0 Å². The summed E-state index contributed by atoms with van der Waals surface area (Å²) in [5.74, 6) is -1.14. The minimum atomic E-state index is -0.569. The molecule has 4 nitrogen and oxygen atoms in total. The lowest BCUT2D eigenvalue weighted by Crippen LogP contribution is -2.14. The fraction of sp³-hybridized carbons (Fsp3) is 0.143. The molecule has 126 valence electrons. The van der Waals surface area contributed by atoms with Gasteiger partial charge in [0.2, 0.25) is 0 Å². The Morgan fingerprint density at radius 2 is 1.56 bits per heavy atom. The number of carbonyl (C=O) groups excluding carboxylic acids is 2. The minimum absolute atomic E-state index is 0.199. The third-order valence-electron chi connectivity index (χ3n) is 4.15. The van der Waals surface area contributed by atoms with E-state index in [1.165, 1.54) is 14.2 Å². The Balaban J connectivity index is 2.50. The average Bonchev–Trinajstić information content (AvgIpc) is 2.65. The van der Waals surface area contributed by atoms with E-state index in [4.69, 9.17) is 9.47 Å². The van der Waals surface area contributed by atoms with Crippen molar-refractivity contribution in [3.05, 3.63) is 71.3 Å². The van der Waals surface area contributed by atoms with Crippen LogP contribution in [-0.4, -0.2) is 26.2 Å². The first-order valence-corrected chi connectivity index (χ1v) is 7.86. The second kappa shape index (κ2) is 6.77. The van der Waals surface area contributed by atoms with Gasteiger partial charge in [-0.2, -0.15) is 0 Å². The molecule has 3 aromatic carbocycles. The zero-order valence-electron chi connectivity index (χ0n) is 14.3. The Hall–Kier alpha value is -3.14. The number of ether oxygens (including phenoxy) is 2. The molecule has 0 aliphatic rings. The maximum Gasteiger partial charge on any atom is 0.339 e. The fourth-order valence-electron chi connectivity index (χ4n) is 3.03. The highest BCUT2D eigenvalue weighted by molar-refractivity contribution is 6.15. The van der Waals surface area contributed by atoms with Gasteiger partial charge in [-0.1, -0.05) is 54.1 Å². The van der Waals surface area contributed by atoms with Gasteiger partial charge >= 0.3 is 11.9 Å². The molecule has 0 aliphatic carbocycles. The Morgan fingerprint density at radius 3 is 2.24 bits per heavy atom. The van der Waals surface area contributed by atoms with E-state index in [1.54, 1.807) is 6.07 Å². The average molecular weight is 334 g/mol. The van der Waals surface area contributed by atoms with Crippen molar-refractivity contribution in [3.8, 4) is 11.1 Å². The topological polar surface area (TPSA) is 52.6 Å². The summed E-state index contributed by atoms with van der Waals surface area (Å²) in [6.45, 7) is 1.98. The molecule has 3 rings (SSSR count). The molecule has 0 N–H and O–H groups in total. The van der Waals surface area contributed by atoms with Gasteiger partial charge in [-0.15, -0.1) is 0 Å². The predicted molar refractivity (Wildman–Crippen MR) is 96.8 cm³/mol. The number of methoxy groups -OCH3 is 2. The van der Waals surface area contributed by atoms with Crippen molar-refractivity contribution >= 4 is 22.7 Å². The van der Waals surface area contributed by atoms with Gasteiger partial charge in [-0.25, -0.2) is 9.59 Å². The summed E-state index contributed by atoms with van der Waals surface area (Å²) in [6.07, 6.45) is 0. The van der Waals surface area contributed by atoms with E-state index in [1.807, 2.05) is 55.5 Å². The zero-order valence-corrected chi connectivity index (χ0v) is 14.3. The van der Waals surface area contributed by atoms with Crippen LogP contribution in [-0.2, 0) is 9.47 Å². The Kier molecular flexibility index (Phi) is 4.52. The highest BCUT2D eigenvalue weighted by Crippen LogP contribution is 2.36. The summed E-state index contributed by atoms with van der Waals surface area (Å²) in [7, 11) is 2.60. The molecule has 0 amide bonds. The maximum absolute atomic E-state index is 12.5. The largest absolute Gasteiger partial charge is 0.465 e. The van der Waals surface area contributed by atoms with Gasteiger partial charge in [0.15, 0.2) is 0 Å². The van der Waals surface area contributed by atoms with E-state index in [0.717, 1.165) is 21.9 Å². The van der Waals surface area contributed by atoms with Gasteiger partial charge in [0.1, 0.15) is 0 Å². The molecule has 0 fully saturated rings. The lowest BCUT2D eigenvalue weighted by Gasteiger charge is -2.16. The molecule has 0 spiro atoms.